The SMILES string of the molecule is Cc1cccc(NC(=O)COc2ccc(Cl)cc2/C=C2\C(=O)NC(=O)N(c3ccc(C)c(C)c3)C2=O)c1. The number of ether oxygens (including phenoxy) is 1. The Hall–Kier alpha value is -4.43. The predicted molar refractivity (Wildman–Crippen MR) is 142 cm³/mol. The molecular formula is C28H24ClN3O5. The fourth-order valence-corrected chi connectivity index (χ4v) is 3.92. The predicted octanol–water partition coefficient (Wildman–Crippen LogP) is 4.95. The molecule has 0 unspecified atom stereocenters. The molecule has 0 aromatic heterocycles. The molecule has 2 N–H and O–H groups in total. The first-order valence-electron chi connectivity index (χ1n) is 11.4. The second kappa shape index (κ2) is 10.7. The minimum Gasteiger partial charge on any atom is -0.483 e. The minimum absolute atomic E-state index is 0.228. The molecule has 3 aromatic rings. The third-order valence-corrected chi connectivity index (χ3v) is 6.02. The number of carbonyl (C=O) groups excluding carboxylic acids is 4. The van der Waals surface area contributed by atoms with E-state index in [1.165, 1.54) is 18.2 Å². The molecule has 1 aliphatic heterocycles. The fourth-order valence-electron chi connectivity index (χ4n) is 3.74. The number of urea groups is 1. The lowest BCUT2D eigenvalue weighted by atomic mass is 10.0. The average molecular weight is 518 g/mol. The van der Waals surface area contributed by atoms with Crippen molar-refractivity contribution in [2.24, 2.45) is 0 Å². The molecule has 37 heavy (non-hydrogen) atoms. The number of amides is 5. The van der Waals surface area contributed by atoms with Gasteiger partial charge >= 0.3 is 6.03 Å². The molecule has 1 fully saturated rings. The van der Waals surface area contributed by atoms with Gasteiger partial charge in [-0.15, -0.1) is 0 Å². The van der Waals surface area contributed by atoms with Crippen molar-refractivity contribution < 1.29 is 23.9 Å². The summed E-state index contributed by atoms with van der Waals surface area (Å²) in [6, 6.07) is 16.2. The Morgan fingerprint density at radius 3 is 2.51 bits per heavy atom. The van der Waals surface area contributed by atoms with Crippen LogP contribution in [-0.4, -0.2) is 30.4 Å². The summed E-state index contributed by atoms with van der Waals surface area (Å²) in [7, 11) is 0. The Morgan fingerprint density at radius 2 is 1.78 bits per heavy atom. The van der Waals surface area contributed by atoms with E-state index in [0.29, 0.717) is 22.0 Å². The lowest BCUT2D eigenvalue weighted by Crippen LogP contribution is -2.54. The van der Waals surface area contributed by atoms with Crippen molar-refractivity contribution in [3.8, 4) is 5.75 Å². The number of aryl methyl sites for hydroxylation is 3. The van der Waals surface area contributed by atoms with E-state index in [2.05, 4.69) is 10.6 Å². The summed E-state index contributed by atoms with van der Waals surface area (Å²) in [5.41, 5.74) is 3.85. The molecular weight excluding hydrogens is 494 g/mol. The molecule has 0 atom stereocenters. The van der Waals surface area contributed by atoms with Crippen molar-refractivity contribution in [2.75, 3.05) is 16.8 Å². The van der Waals surface area contributed by atoms with Gasteiger partial charge in [0.15, 0.2) is 6.61 Å². The van der Waals surface area contributed by atoms with E-state index in [1.54, 1.807) is 30.3 Å². The second-order valence-electron chi connectivity index (χ2n) is 8.61. The molecule has 0 saturated carbocycles. The van der Waals surface area contributed by atoms with Crippen molar-refractivity contribution in [1.82, 2.24) is 5.32 Å². The van der Waals surface area contributed by atoms with Crippen molar-refractivity contribution in [2.45, 2.75) is 20.8 Å². The van der Waals surface area contributed by atoms with Crippen LogP contribution in [0.1, 0.15) is 22.3 Å². The Morgan fingerprint density at radius 1 is 1.00 bits per heavy atom. The van der Waals surface area contributed by atoms with Crippen molar-refractivity contribution in [3.63, 3.8) is 0 Å². The zero-order chi connectivity index (χ0) is 26.7. The first kappa shape index (κ1) is 25.7. The van der Waals surface area contributed by atoms with Gasteiger partial charge in [-0.2, -0.15) is 0 Å². The molecule has 8 nitrogen and oxygen atoms in total. The summed E-state index contributed by atoms with van der Waals surface area (Å²) in [6.45, 7) is 5.36. The average Bonchev–Trinajstić information content (AvgIpc) is 2.83. The molecule has 0 radical (unpaired) electrons. The van der Waals surface area contributed by atoms with Gasteiger partial charge in [0.1, 0.15) is 11.3 Å². The van der Waals surface area contributed by atoms with Crippen LogP contribution in [0.5, 0.6) is 5.75 Å². The molecule has 0 aliphatic carbocycles. The standard InChI is InChI=1S/C28H24ClN3O5/c1-16-5-4-6-21(11-16)30-25(33)15-37-24-10-8-20(29)13-19(24)14-23-26(34)31-28(36)32(27(23)35)22-9-7-17(2)18(3)12-22/h4-14H,15H2,1-3H3,(H,30,33)(H,31,34,36)/b23-14+. The van der Waals surface area contributed by atoms with E-state index in [1.807, 2.05) is 39.0 Å². The van der Waals surface area contributed by atoms with Crippen LogP contribution in [0.3, 0.4) is 0 Å². The molecule has 188 valence electrons. The number of rotatable bonds is 6. The quantitative estimate of drug-likeness (QED) is 0.355. The number of hydrogen-bond donors (Lipinski definition) is 2. The largest absolute Gasteiger partial charge is 0.483 e. The van der Waals surface area contributed by atoms with Crippen LogP contribution in [0.25, 0.3) is 6.08 Å². The normalized spacial score (nSPS) is 14.5. The van der Waals surface area contributed by atoms with E-state index in [0.717, 1.165) is 21.6 Å². The third kappa shape index (κ3) is 5.87. The van der Waals surface area contributed by atoms with Gasteiger partial charge in [-0.3, -0.25) is 19.7 Å². The first-order valence-corrected chi connectivity index (χ1v) is 11.8. The summed E-state index contributed by atoms with van der Waals surface area (Å²) in [4.78, 5) is 51.8. The lowest BCUT2D eigenvalue weighted by molar-refractivity contribution is -0.122. The van der Waals surface area contributed by atoms with Gasteiger partial charge in [0.25, 0.3) is 17.7 Å². The molecule has 5 amide bonds. The fraction of sp³-hybridized carbons (Fsp3) is 0.143. The smallest absolute Gasteiger partial charge is 0.335 e. The van der Waals surface area contributed by atoms with Gasteiger partial charge in [-0.1, -0.05) is 29.8 Å². The maximum Gasteiger partial charge on any atom is 0.335 e. The second-order valence-corrected chi connectivity index (χ2v) is 9.05. The van der Waals surface area contributed by atoms with Crippen LogP contribution >= 0.6 is 11.6 Å². The summed E-state index contributed by atoms with van der Waals surface area (Å²) in [6.07, 6.45) is 1.29. The van der Waals surface area contributed by atoms with Gasteiger partial charge in [0.2, 0.25) is 0 Å². The van der Waals surface area contributed by atoms with Crippen molar-refractivity contribution >= 4 is 52.8 Å². The van der Waals surface area contributed by atoms with Crippen LogP contribution in [0.4, 0.5) is 16.2 Å². The number of anilines is 2. The summed E-state index contributed by atoms with van der Waals surface area (Å²) >= 11 is 6.16. The number of barbiturate groups is 1. The van der Waals surface area contributed by atoms with E-state index in [4.69, 9.17) is 16.3 Å². The number of nitrogens with zero attached hydrogens (tertiary/aromatic N) is 1. The Bertz CT molecular complexity index is 1460. The summed E-state index contributed by atoms with van der Waals surface area (Å²) < 4.78 is 5.69. The number of halogens is 1. The Labute approximate surface area is 218 Å². The highest BCUT2D eigenvalue weighted by molar-refractivity contribution is 6.39. The highest BCUT2D eigenvalue weighted by Crippen LogP contribution is 2.28. The Balaban J connectivity index is 1.59. The van der Waals surface area contributed by atoms with Crippen LogP contribution in [-0.2, 0) is 14.4 Å². The third-order valence-electron chi connectivity index (χ3n) is 5.78. The number of imide groups is 2. The van der Waals surface area contributed by atoms with Crippen LogP contribution in [0.15, 0.2) is 66.2 Å². The van der Waals surface area contributed by atoms with Gasteiger partial charge in [-0.25, -0.2) is 9.69 Å². The number of benzene rings is 3. The topological polar surface area (TPSA) is 105 Å². The zero-order valence-corrected chi connectivity index (χ0v) is 21.2. The first-order chi connectivity index (χ1) is 17.6. The van der Waals surface area contributed by atoms with Gasteiger partial charge in [-0.05, 0) is 86.0 Å². The van der Waals surface area contributed by atoms with Gasteiger partial charge < -0.3 is 10.1 Å². The van der Waals surface area contributed by atoms with Crippen LogP contribution in [0, 0.1) is 20.8 Å². The van der Waals surface area contributed by atoms with E-state index in [-0.39, 0.29) is 17.9 Å². The number of nitrogens with one attached hydrogen (secondary N) is 2. The Kier molecular flexibility index (Phi) is 7.40. The maximum absolute atomic E-state index is 13.3. The van der Waals surface area contributed by atoms with E-state index >= 15 is 0 Å². The summed E-state index contributed by atoms with van der Waals surface area (Å²) in [5.74, 6) is -1.80. The highest BCUT2D eigenvalue weighted by Gasteiger charge is 2.37. The zero-order valence-electron chi connectivity index (χ0n) is 20.4. The van der Waals surface area contributed by atoms with E-state index < -0.39 is 23.8 Å². The highest BCUT2D eigenvalue weighted by atomic mass is 35.5. The van der Waals surface area contributed by atoms with Crippen molar-refractivity contribution in [1.29, 1.82) is 0 Å². The molecule has 1 aliphatic rings. The molecule has 4 rings (SSSR count). The maximum atomic E-state index is 13.3. The lowest BCUT2D eigenvalue weighted by Gasteiger charge is -2.27. The van der Waals surface area contributed by atoms with Gasteiger partial charge in [0.05, 0.1) is 5.69 Å². The minimum atomic E-state index is -0.849. The van der Waals surface area contributed by atoms with Crippen molar-refractivity contribution in [3.05, 3.63) is 93.5 Å². The number of carbonyl (C=O) groups is 4. The van der Waals surface area contributed by atoms with E-state index in [9.17, 15) is 19.2 Å². The molecule has 1 saturated heterocycles. The summed E-state index contributed by atoms with van der Waals surface area (Å²) in [5, 5.41) is 5.28. The molecule has 0 spiro atoms. The molecule has 9 heteroatoms. The molecule has 1 heterocycles. The molecule has 0 bridgehead atoms. The van der Waals surface area contributed by atoms with Crippen LogP contribution in [0.2, 0.25) is 5.02 Å². The monoisotopic (exact) mass is 517 g/mol. The molecule has 3 aromatic carbocycles. The van der Waals surface area contributed by atoms with Crippen LogP contribution < -0.4 is 20.3 Å². The van der Waals surface area contributed by atoms with Gasteiger partial charge in [0, 0.05) is 16.3 Å². The number of hydrogen-bond acceptors (Lipinski definition) is 5.